The lowest BCUT2D eigenvalue weighted by molar-refractivity contribution is 0.0937. The van der Waals surface area contributed by atoms with E-state index in [0.29, 0.717) is 17.0 Å². The number of hydrogen-bond acceptors (Lipinski definition) is 3. The van der Waals surface area contributed by atoms with Gasteiger partial charge in [-0.1, -0.05) is 28.1 Å². The van der Waals surface area contributed by atoms with Gasteiger partial charge in [0.05, 0.1) is 18.7 Å². The van der Waals surface area contributed by atoms with E-state index in [9.17, 15) is 4.79 Å². The highest BCUT2D eigenvalue weighted by atomic mass is 79.9. The van der Waals surface area contributed by atoms with Crippen molar-refractivity contribution in [3.8, 4) is 5.75 Å². The number of ether oxygens (including phenoxy) is 1. The molecular formula is C16H17BrN2O2. The Morgan fingerprint density at radius 2 is 2.05 bits per heavy atom. The van der Waals surface area contributed by atoms with Crippen LogP contribution in [0.4, 0.5) is 5.69 Å². The summed E-state index contributed by atoms with van der Waals surface area (Å²) in [6.45, 7) is 1.93. The molecule has 4 nitrogen and oxygen atoms in total. The van der Waals surface area contributed by atoms with Crippen LogP contribution in [0.3, 0.4) is 0 Å². The Kier molecular flexibility index (Phi) is 4.85. The number of nitrogens with one attached hydrogen (secondary N) is 1. The fourth-order valence-corrected chi connectivity index (χ4v) is 2.45. The summed E-state index contributed by atoms with van der Waals surface area (Å²) in [6.07, 6.45) is 0. The molecule has 5 heteroatoms. The molecule has 0 bridgehead atoms. The Balaban J connectivity index is 2.20. The molecule has 0 radical (unpaired) electrons. The fourth-order valence-electron chi connectivity index (χ4n) is 2.04. The average molecular weight is 349 g/mol. The summed E-state index contributed by atoms with van der Waals surface area (Å²) in [5.74, 6) is 0.287. The molecule has 0 aromatic heterocycles. The first-order chi connectivity index (χ1) is 10.0. The summed E-state index contributed by atoms with van der Waals surface area (Å²) >= 11 is 3.42. The summed E-state index contributed by atoms with van der Waals surface area (Å²) in [4.78, 5) is 12.4. The quantitative estimate of drug-likeness (QED) is 0.830. The number of anilines is 1. The maximum absolute atomic E-state index is 12.4. The second-order valence-corrected chi connectivity index (χ2v) is 5.63. The van der Waals surface area contributed by atoms with Crippen LogP contribution in [0.5, 0.6) is 5.75 Å². The molecule has 3 N–H and O–H groups in total. The van der Waals surface area contributed by atoms with Crippen molar-refractivity contribution in [1.29, 1.82) is 0 Å². The van der Waals surface area contributed by atoms with E-state index in [4.69, 9.17) is 10.5 Å². The molecule has 1 atom stereocenters. The maximum Gasteiger partial charge on any atom is 0.255 e. The number of nitrogens with two attached hydrogens (primary N) is 1. The van der Waals surface area contributed by atoms with Crippen molar-refractivity contribution in [3.05, 3.63) is 58.1 Å². The van der Waals surface area contributed by atoms with Gasteiger partial charge in [0.1, 0.15) is 5.75 Å². The number of amides is 1. The summed E-state index contributed by atoms with van der Waals surface area (Å²) in [6, 6.07) is 12.7. The van der Waals surface area contributed by atoms with Gasteiger partial charge in [-0.25, -0.2) is 0 Å². The molecule has 2 rings (SSSR count). The molecule has 0 saturated heterocycles. The van der Waals surface area contributed by atoms with Crippen molar-refractivity contribution >= 4 is 27.5 Å². The number of benzene rings is 2. The van der Waals surface area contributed by atoms with E-state index in [1.807, 2.05) is 31.2 Å². The third-order valence-corrected chi connectivity index (χ3v) is 3.66. The molecule has 0 heterocycles. The van der Waals surface area contributed by atoms with Gasteiger partial charge in [0.2, 0.25) is 0 Å². The lowest BCUT2D eigenvalue weighted by atomic mass is 10.1. The first-order valence-electron chi connectivity index (χ1n) is 6.51. The van der Waals surface area contributed by atoms with Gasteiger partial charge in [-0.05, 0) is 42.8 Å². The molecule has 110 valence electrons. The van der Waals surface area contributed by atoms with Crippen molar-refractivity contribution < 1.29 is 9.53 Å². The predicted octanol–water partition coefficient (Wildman–Crippen LogP) is 3.53. The molecule has 0 spiro atoms. The van der Waals surface area contributed by atoms with Crippen LogP contribution in [0.25, 0.3) is 0 Å². The van der Waals surface area contributed by atoms with Crippen LogP contribution in [0, 0.1) is 0 Å². The third-order valence-electron chi connectivity index (χ3n) is 3.16. The van der Waals surface area contributed by atoms with E-state index in [2.05, 4.69) is 21.2 Å². The van der Waals surface area contributed by atoms with E-state index in [1.54, 1.807) is 18.2 Å². The molecule has 0 saturated carbocycles. The lowest BCUT2D eigenvalue weighted by Gasteiger charge is -2.16. The van der Waals surface area contributed by atoms with Gasteiger partial charge in [0.25, 0.3) is 5.91 Å². The highest BCUT2D eigenvalue weighted by Crippen LogP contribution is 2.23. The van der Waals surface area contributed by atoms with Crippen molar-refractivity contribution in [2.75, 3.05) is 12.8 Å². The number of carbonyl (C=O) groups is 1. The molecule has 0 fully saturated rings. The molecule has 0 aliphatic carbocycles. The maximum atomic E-state index is 12.4. The zero-order valence-corrected chi connectivity index (χ0v) is 13.5. The minimum Gasteiger partial charge on any atom is -0.496 e. The van der Waals surface area contributed by atoms with Crippen molar-refractivity contribution in [2.45, 2.75) is 13.0 Å². The summed E-state index contributed by atoms with van der Waals surface area (Å²) in [5, 5.41) is 2.95. The van der Waals surface area contributed by atoms with Crippen LogP contribution in [0.15, 0.2) is 46.9 Å². The van der Waals surface area contributed by atoms with Crippen LogP contribution in [0.2, 0.25) is 0 Å². The lowest BCUT2D eigenvalue weighted by Crippen LogP contribution is -2.27. The van der Waals surface area contributed by atoms with Crippen molar-refractivity contribution in [2.24, 2.45) is 0 Å². The van der Waals surface area contributed by atoms with Crippen LogP contribution >= 0.6 is 15.9 Å². The molecule has 2 aromatic rings. The van der Waals surface area contributed by atoms with E-state index >= 15 is 0 Å². The minimum absolute atomic E-state index is 0.124. The third kappa shape index (κ3) is 3.76. The van der Waals surface area contributed by atoms with E-state index < -0.39 is 0 Å². The molecule has 21 heavy (non-hydrogen) atoms. The van der Waals surface area contributed by atoms with Crippen LogP contribution in [0.1, 0.15) is 28.9 Å². The Morgan fingerprint density at radius 1 is 1.29 bits per heavy atom. The van der Waals surface area contributed by atoms with Gasteiger partial charge in [-0.15, -0.1) is 0 Å². The second-order valence-electron chi connectivity index (χ2n) is 4.71. The zero-order chi connectivity index (χ0) is 15.4. The number of carbonyl (C=O) groups excluding carboxylic acids is 1. The van der Waals surface area contributed by atoms with E-state index in [1.165, 1.54) is 7.11 Å². The number of hydrogen-bond donors (Lipinski definition) is 2. The van der Waals surface area contributed by atoms with Gasteiger partial charge in [0, 0.05) is 10.2 Å². The standard InChI is InChI=1S/C16H17BrN2O2/c1-10(11-4-3-5-12(17)8-11)19-16(20)14-9-13(18)6-7-15(14)21-2/h3-10H,18H2,1-2H3,(H,19,20). The van der Waals surface area contributed by atoms with Gasteiger partial charge in [-0.2, -0.15) is 0 Å². The normalized spacial score (nSPS) is 11.8. The van der Waals surface area contributed by atoms with Crippen LogP contribution < -0.4 is 15.8 Å². The first kappa shape index (κ1) is 15.4. The second kappa shape index (κ2) is 6.63. The Hall–Kier alpha value is -2.01. The van der Waals surface area contributed by atoms with Crippen molar-refractivity contribution in [1.82, 2.24) is 5.32 Å². The molecule has 0 aliphatic heterocycles. The number of halogens is 1. The summed E-state index contributed by atoms with van der Waals surface area (Å²) < 4.78 is 6.18. The summed E-state index contributed by atoms with van der Waals surface area (Å²) in [7, 11) is 1.53. The Labute approximate surface area is 132 Å². The Bertz CT molecular complexity index is 658. The van der Waals surface area contributed by atoms with Gasteiger partial charge < -0.3 is 15.8 Å². The van der Waals surface area contributed by atoms with Gasteiger partial charge >= 0.3 is 0 Å². The highest BCUT2D eigenvalue weighted by Gasteiger charge is 2.16. The van der Waals surface area contributed by atoms with Crippen LogP contribution in [-0.2, 0) is 0 Å². The van der Waals surface area contributed by atoms with E-state index in [-0.39, 0.29) is 11.9 Å². The number of rotatable bonds is 4. The minimum atomic E-state index is -0.216. The smallest absolute Gasteiger partial charge is 0.255 e. The molecular weight excluding hydrogens is 332 g/mol. The van der Waals surface area contributed by atoms with Crippen LogP contribution in [-0.4, -0.2) is 13.0 Å². The van der Waals surface area contributed by atoms with Gasteiger partial charge in [-0.3, -0.25) is 4.79 Å². The molecule has 0 aliphatic rings. The van der Waals surface area contributed by atoms with E-state index in [0.717, 1.165) is 10.0 Å². The van der Waals surface area contributed by atoms with Gasteiger partial charge in [0.15, 0.2) is 0 Å². The fraction of sp³-hybridized carbons (Fsp3) is 0.188. The average Bonchev–Trinajstić information content (AvgIpc) is 2.47. The SMILES string of the molecule is COc1ccc(N)cc1C(=O)NC(C)c1cccc(Br)c1. The van der Waals surface area contributed by atoms with Crippen molar-refractivity contribution in [3.63, 3.8) is 0 Å². The Morgan fingerprint density at radius 3 is 2.71 bits per heavy atom. The largest absolute Gasteiger partial charge is 0.496 e. The highest BCUT2D eigenvalue weighted by molar-refractivity contribution is 9.10. The summed E-state index contributed by atoms with van der Waals surface area (Å²) in [5.41, 5.74) is 7.71. The number of nitrogen functional groups attached to an aromatic ring is 1. The first-order valence-corrected chi connectivity index (χ1v) is 7.30. The monoisotopic (exact) mass is 348 g/mol. The topological polar surface area (TPSA) is 64.3 Å². The zero-order valence-electron chi connectivity index (χ0n) is 11.9. The predicted molar refractivity (Wildman–Crippen MR) is 87.4 cm³/mol. The molecule has 1 amide bonds. The number of methoxy groups -OCH3 is 1. The molecule has 2 aromatic carbocycles. The molecule has 1 unspecified atom stereocenters.